The summed E-state index contributed by atoms with van der Waals surface area (Å²) in [6.45, 7) is 8.48. The van der Waals surface area contributed by atoms with Gasteiger partial charge in [0.25, 0.3) is 0 Å². The van der Waals surface area contributed by atoms with Gasteiger partial charge in [-0.05, 0) is 19.1 Å². The van der Waals surface area contributed by atoms with Gasteiger partial charge in [-0.2, -0.15) is 0 Å². The van der Waals surface area contributed by atoms with Gasteiger partial charge < -0.3 is 15.0 Å². The fraction of sp³-hybridized carbons (Fsp3) is 0.474. The van der Waals surface area contributed by atoms with Crippen LogP contribution in [-0.2, 0) is 6.54 Å². The lowest BCUT2D eigenvalue weighted by atomic mass is 10.3. The second-order valence-electron chi connectivity index (χ2n) is 6.26. The molecular formula is C19H28IN5OS. The predicted molar refractivity (Wildman–Crippen MR) is 122 cm³/mol. The molecule has 8 heteroatoms. The third-order valence-electron chi connectivity index (χ3n) is 4.37. The van der Waals surface area contributed by atoms with E-state index in [2.05, 4.69) is 32.0 Å². The Morgan fingerprint density at radius 2 is 1.96 bits per heavy atom. The lowest BCUT2D eigenvalue weighted by Gasteiger charge is -2.36. The molecule has 2 heterocycles. The maximum atomic E-state index is 5.80. The quantitative estimate of drug-likeness (QED) is 0.375. The number of ether oxygens (including phenoxy) is 1. The standard InChI is InChI=1S/C19H27N5OS.HI/c1-16-14-21-18(26-16)15-22-19(20-2)24-10-8-23(9-11-24)12-13-25-17-6-4-3-5-7-17;/h3-7,14H,8-13,15H2,1-2H3,(H,20,22);1H. The number of rotatable bonds is 6. The van der Waals surface area contributed by atoms with E-state index >= 15 is 0 Å². The number of halogens is 1. The van der Waals surface area contributed by atoms with Crippen LogP contribution in [0.3, 0.4) is 0 Å². The summed E-state index contributed by atoms with van der Waals surface area (Å²) in [7, 11) is 1.84. The second kappa shape index (κ2) is 11.5. The van der Waals surface area contributed by atoms with Gasteiger partial charge in [-0.25, -0.2) is 4.98 Å². The lowest BCUT2D eigenvalue weighted by Crippen LogP contribution is -2.52. The Morgan fingerprint density at radius 1 is 1.22 bits per heavy atom. The van der Waals surface area contributed by atoms with Crippen LogP contribution in [0.2, 0.25) is 0 Å². The molecule has 0 radical (unpaired) electrons. The number of aromatic nitrogens is 1. The molecule has 27 heavy (non-hydrogen) atoms. The normalized spacial score (nSPS) is 15.3. The molecule has 0 spiro atoms. The first-order chi connectivity index (χ1) is 12.7. The number of hydrogen-bond acceptors (Lipinski definition) is 5. The summed E-state index contributed by atoms with van der Waals surface area (Å²) in [6, 6.07) is 10.00. The molecule has 1 N–H and O–H groups in total. The van der Waals surface area contributed by atoms with Gasteiger partial charge in [0, 0.05) is 50.8 Å². The molecule has 1 saturated heterocycles. The largest absolute Gasteiger partial charge is 0.492 e. The zero-order valence-electron chi connectivity index (χ0n) is 15.9. The van der Waals surface area contributed by atoms with Crippen molar-refractivity contribution in [3.05, 3.63) is 46.4 Å². The minimum absolute atomic E-state index is 0. The molecule has 0 amide bonds. The van der Waals surface area contributed by atoms with Crippen LogP contribution in [0.5, 0.6) is 5.75 Å². The van der Waals surface area contributed by atoms with E-state index in [1.54, 1.807) is 11.3 Å². The Hall–Kier alpha value is -1.39. The van der Waals surface area contributed by atoms with Gasteiger partial charge in [-0.3, -0.25) is 9.89 Å². The first kappa shape index (κ1) is 21.9. The van der Waals surface area contributed by atoms with E-state index in [4.69, 9.17) is 4.74 Å². The molecule has 148 valence electrons. The monoisotopic (exact) mass is 501 g/mol. The van der Waals surface area contributed by atoms with Crippen molar-refractivity contribution < 1.29 is 4.74 Å². The Kier molecular flexibility index (Phi) is 9.29. The predicted octanol–water partition coefficient (Wildman–Crippen LogP) is 2.84. The number of nitrogens with one attached hydrogen (secondary N) is 1. The molecular weight excluding hydrogens is 473 g/mol. The van der Waals surface area contributed by atoms with Gasteiger partial charge in [-0.15, -0.1) is 35.3 Å². The summed E-state index contributed by atoms with van der Waals surface area (Å²) in [6.07, 6.45) is 1.92. The molecule has 1 aromatic heterocycles. The van der Waals surface area contributed by atoms with Crippen LogP contribution >= 0.6 is 35.3 Å². The molecule has 1 aliphatic rings. The van der Waals surface area contributed by atoms with Crippen molar-refractivity contribution in [2.24, 2.45) is 4.99 Å². The van der Waals surface area contributed by atoms with E-state index in [9.17, 15) is 0 Å². The van der Waals surface area contributed by atoms with Gasteiger partial charge in [0.05, 0.1) is 6.54 Å². The van der Waals surface area contributed by atoms with Gasteiger partial charge in [0.2, 0.25) is 0 Å². The Balaban J connectivity index is 0.00000261. The zero-order chi connectivity index (χ0) is 18.2. The minimum Gasteiger partial charge on any atom is -0.492 e. The lowest BCUT2D eigenvalue weighted by molar-refractivity contribution is 0.152. The van der Waals surface area contributed by atoms with Crippen molar-refractivity contribution in [1.82, 2.24) is 20.1 Å². The molecule has 6 nitrogen and oxygen atoms in total. The number of aryl methyl sites for hydroxylation is 1. The Labute approximate surface area is 182 Å². The number of guanidine groups is 1. The first-order valence-electron chi connectivity index (χ1n) is 9.01. The van der Waals surface area contributed by atoms with Crippen LogP contribution in [-0.4, -0.2) is 67.1 Å². The van der Waals surface area contributed by atoms with Crippen LogP contribution < -0.4 is 10.1 Å². The fourth-order valence-electron chi connectivity index (χ4n) is 2.96. The van der Waals surface area contributed by atoms with Crippen molar-refractivity contribution in [2.45, 2.75) is 13.5 Å². The summed E-state index contributed by atoms with van der Waals surface area (Å²) < 4.78 is 5.80. The number of piperazine rings is 1. The first-order valence-corrected chi connectivity index (χ1v) is 9.83. The summed E-state index contributed by atoms with van der Waals surface area (Å²) in [5, 5.41) is 4.53. The topological polar surface area (TPSA) is 53.0 Å². The molecule has 0 saturated carbocycles. The van der Waals surface area contributed by atoms with Crippen LogP contribution in [0, 0.1) is 6.92 Å². The highest BCUT2D eigenvalue weighted by molar-refractivity contribution is 14.0. The van der Waals surface area contributed by atoms with Crippen molar-refractivity contribution in [2.75, 3.05) is 46.4 Å². The van der Waals surface area contributed by atoms with E-state index in [1.165, 1.54) is 4.88 Å². The van der Waals surface area contributed by atoms with Crippen molar-refractivity contribution in [1.29, 1.82) is 0 Å². The highest BCUT2D eigenvalue weighted by Gasteiger charge is 2.19. The maximum Gasteiger partial charge on any atom is 0.194 e. The highest BCUT2D eigenvalue weighted by atomic mass is 127. The van der Waals surface area contributed by atoms with Crippen LogP contribution in [0.4, 0.5) is 0 Å². The van der Waals surface area contributed by atoms with Gasteiger partial charge in [-0.1, -0.05) is 18.2 Å². The smallest absolute Gasteiger partial charge is 0.194 e. The molecule has 1 aliphatic heterocycles. The average Bonchev–Trinajstić information content (AvgIpc) is 3.09. The van der Waals surface area contributed by atoms with E-state index in [0.29, 0.717) is 0 Å². The van der Waals surface area contributed by atoms with Crippen molar-refractivity contribution >= 4 is 41.3 Å². The van der Waals surface area contributed by atoms with Gasteiger partial charge >= 0.3 is 0 Å². The van der Waals surface area contributed by atoms with E-state index in [-0.39, 0.29) is 24.0 Å². The number of hydrogen-bond donors (Lipinski definition) is 1. The number of thiazole rings is 1. The Bertz CT molecular complexity index is 701. The third-order valence-corrected chi connectivity index (χ3v) is 5.28. The number of para-hydroxylation sites is 1. The minimum atomic E-state index is 0. The highest BCUT2D eigenvalue weighted by Crippen LogP contribution is 2.11. The Morgan fingerprint density at radius 3 is 2.59 bits per heavy atom. The second-order valence-corrected chi connectivity index (χ2v) is 7.57. The molecule has 1 fully saturated rings. The molecule has 0 aliphatic carbocycles. The molecule has 1 aromatic carbocycles. The zero-order valence-corrected chi connectivity index (χ0v) is 19.1. The van der Waals surface area contributed by atoms with Gasteiger partial charge in [0.15, 0.2) is 5.96 Å². The summed E-state index contributed by atoms with van der Waals surface area (Å²) >= 11 is 1.73. The maximum absolute atomic E-state index is 5.80. The van der Waals surface area contributed by atoms with Crippen LogP contribution in [0.15, 0.2) is 41.5 Å². The average molecular weight is 501 g/mol. The molecule has 0 bridgehead atoms. The number of benzene rings is 1. The van der Waals surface area contributed by atoms with E-state index in [0.717, 1.165) is 62.6 Å². The summed E-state index contributed by atoms with van der Waals surface area (Å²) in [4.78, 5) is 14.8. The fourth-order valence-corrected chi connectivity index (χ4v) is 3.69. The molecule has 0 unspecified atom stereocenters. The van der Waals surface area contributed by atoms with E-state index in [1.807, 2.05) is 43.6 Å². The molecule has 0 atom stereocenters. The molecule has 2 aromatic rings. The van der Waals surface area contributed by atoms with Crippen LogP contribution in [0.25, 0.3) is 0 Å². The van der Waals surface area contributed by atoms with E-state index < -0.39 is 0 Å². The molecule has 3 rings (SSSR count). The summed E-state index contributed by atoms with van der Waals surface area (Å²) in [5.41, 5.74) is 0. The third kappa shape index (κ3) is 6.93. The van der Waals surface area contributed by atoms with Gasteiger partial charge in [0.1, 0.15) is 17.4 Å². The number of aliphatic imine (C=N–C) groups is 1. The van der Waals surface area contributed by atoms with Crippen molar-refractivity contribution in [3.8, 4) is 5.75 Å². The van der Waals surface area contributed by atoms with Crippen molar-refractivity contribution in [3.63, 3.8) is 0 Å². The number of nitrogens with zero attached hydrogens (tertiary/aromatic N) is 4. The summed E-state index contributed by atoms with van der Waals surface area (Å²) in [5.74, 6) is 1.89. The SMILES string of the molecule is CN=C(NCc1ncc(C)s1)N1CCN(CCOc2ccccc2)CC1.I. The van der Waals surface area contributed by atoms with Crippen LogP contribution in [0.1, 0.15) is 9.88 Å².